The fraction of sp³-hybridized carbons (Fsp3) is 0.350. The molecule has 3 N–H and O–H groups in total. The first-order chi connectivity index (χ1) is 12.9. The molecule has 0 amide bonds. The minimum atomic E-state index is -0.236. The molecule has 0 fully saturated rings. The van der Waals surface area contributed by atoms with E-state index in [1.807, 2.05) is 52.0 Å². The maximum absolute atomic E-state index is 13.0. The van der Waals surface area contributed by atoms with Crippen LogP contribution in [0, 0.1) is 6.92 Å². The molecule has 27 heavy (non-hydrogen) atoms. The lowest BCUT2D eigenvalue weighted by atomic mass is 10.1. The first kappa shape index (κ1) is 18.8. The monoisotopic (exact) mass is 367 g/mol. The molecule has 0 radical (unpaired) electrons. The van der Waals surface area contributed by atoms with Crippen molar-refractivity contribution < 1.29 is 5.11 Å². The predicted octanol–water partition coefficient (Wildman–Crippen LogP) is 3.22. The fourth-order valence-corrected chi connectivity index (χ4v) is 2.87. The SMILES string of the molecule is Cc1ccnc(Nc2cc3ccn(C(C)C)c(=O)c3c(NC(C)CO)n2)c1. The molecule has 3 heterocycles. The molecular formula is C20H25N5O2. The van der Waals surface area contributed by atoms with E-state index in [0.717, 1.165) is 10.9 Å². The lowest BCUT2D eigenvalue weighted by Gasteiger charge is -2.17. The van der Waals surface area contributed by atoms with Crippen molar-refractivity contribution >= 4 is 28.2 Å². The average Bonchev–Trinajstić information content (AvgIpc) is 2.61. The second kappa shape index (κ2) is 7.75. The van der Waals surface area contributed by atoms with E-state index in [9.17, 15) is 9.90 Å². The van der Waals surface area contributed by atoms with E-state index in [2.05, 4.69) is 20.6 Å². The van der Waals surface area contributed by atoms with Crippen LogP contribution in [0.25, 0.3) is 10.8 Å². The van der Waals surface area contributed by atoms with Crippen LogP contribution in [0.4, 0.5) is 17.5 Å². The van der Waals surface area contributed by atoms with E-state index in [4.69, 9.17) is 0 Å². The van der Waals surface area contributed by atoms with Gasteiger partial charge in [-0.2, -0.15) is 0 Å². The van der Waals surface area contributed by atoms with Crippen molar-refractivity contribution in [3.05, 3.63) is 52.6 Å². The van der Waals surface area contributed by atoms with Crippen molar-refractivity contribution in [2.45, 2.75) is 39.8 Å². The lowest BCUT2D eigenvalue weighted by Crippen LogP contribution is -2.25. The number of hydrogen-bond donors (Lipinski definition) is 3. The number of pyridine rings is 3. The van der Waals surface area contributed by atoms with Gasteiger partial charge >= 0.3 is 0 Å². The third kappa shape index (κ3) is 4.09. The highest BCUT2D eigenvalue weighted by molar-refractivity contribution is 5.93. The van der Waals surface area contributed by atoms with Crippen LogP contribution < -0.4 is 16.2 Å². The largest absolute Gasteiger partial charge is 0.394 e. The molecule has 0 bridgehead atoms. The summed E-state index contributed by atoms with van der Waals surface area (Å²) >= 11 is 0. The summed E-state index contributed by atoms with van der Waals surface area (Å²) < 4.78 is 1.67. The molecule has 7 nitrogen and oxygen atoms in total. The highest BCUT2D eigenvalue weighted by atomic mass is 16.3. The smallest absolute Gasteiger partial charge is 0.262 e. The molecule has 0 aliphatic heterocycles. The number of rotatable bonds is 6. The molecule has 3 rings (SSSR count). The molecule has 142 valence electrons. The quantitative estimate of drug-likeness (QED) is 0.620. The summed E-state index contributed by atoms with van der Waals surface area (Å²) in [6.07, 6.45) is 3.52. The molecule has 0 aromatic carbocycles. The van der Waals surface area contributed by atoms with Gasteiger partial charge in [0.25, 0.3) is 5.56 Å². The van der Waals surface area contributed by atoms with Crippen LogP contribution in [0.15, 0.2) is 41.5 Å². The summed E-state index contributed by atoms with van der Waals surface area (Å²) in [5.41, 5.74) is 0.975. The van der Waals surface area contributed by atoms with Crippen molar-refractivity contribution in [2.24, 2.45) is 0 Å². The third-order valence-corrected chi connectivity index (χ3v) is 4.30. The van der Waals surface area contributed by atoms with Gasteiger partial charge in [0.1, 0.15) is 17.5 Å². The summed E-state index contributed by atoms with van der Waals surface area (Å²) in [5, 5.41) is 17.0. The zero-order chi connectivity index (χ0) is 19.6. The maximum Gasteiger partial charge on any atom is 0.262 e. The van der Waals surface area contributed by atoms with Crippen LogP contribution in [-0.4, -0.2) is 32.3 Å². The van der Waals surface area contributed by atoms with Crippen molar-refractivity contribution in [2.75, 3.05) is 17.2 Å². The number of aliphatic hydroxyl groups is 1. The Kier molecular flexibility index (Phi) is 5.41. The molecule has 3 aromatic rings. The summed E-state index contributed by atoms with van der Waals surface area (Å²) in [6.45, 7) is 7.68. The van der Waals surface area contributed by atoms with Crippen LogP contribution in [0.1, 0.15) is 32.4 Å². The summed E-state index contributed by atoms with van der Waals surface area (Å²) in [5.74, 6) is 1.71. The second-order valence-electron chi connectivity index (χ2n) is 7.01. The van der Waals surface area contributed by atoms with E-state index < -0.39 is 0 Å². The van der Waals surface area contributed by atoms with E-state index >= 15 is 0 Å². The summed E-state index contributed by atoms with van der Waals surface area (Å²) in [7, 11) is 0. The maximum atomic E-state index is 13.0. The lowest BCUT2D eigenvalue weighted by molar-refractivity contribution is 0.281. The van der Waals surface area contributed by atoms with Crippen LogP contribution >= 0.6 is 0 Å². The molecule has 0 saturated heterocycles. The Morgan fingerprint density at radius 1 is 1.19 bits per heavy atom. The van der Waals surface area contributed by atoms with Crippen molar-refractivity contribution in [3.8, 4) is 0 Å². The summed E-state index contributed by atoms with van der Waals surface area (Å²) in [6, 6.07) is 7.39. The summed E-state index contributed by atoms with van der Waals surface area (Å²) in [4.78, 5) is 21.9. The molecule has 3 aromatic heterocycles. The van der Waals surface area contributed by atoms with Crippen LogP contribution in [0.5, 0.6) is 0 Å². The zero-order valence-corrected chi connectivity index (χ0v) is 16.0. The van der Waals surface area contributed by atoms with Crippen molar-refractivity contribution in [1.82, 2.24) is 14.5 Å². The molecule has 0 aliphatic carbocycles. The van der Waals surface area contributed by atoms with Gasteiger partial charge in [0.2, 0.25) is 0 Å². The molecule has 0 spiro atoms. The van der Waals surface area contributed by atoms with Gasteiger partial charge in [0.05, 0.1) is 12.0 Å². The number of aryl methyl sites for hydroxylation is 1. The van der Waals surface area contributed by atoms with Crippen LogP contribution in [-0.2, 0) is 0 Å². The van der Waals surface area contributed by atoms with Crippen molar-refractivity contribution in [1.29, 1.82) is 0 Å². The molecular weight excluding hydrogens is 342 g/mol. The Labute approximate surface area is 158 Å². The first-order valence-electron chi connectivity index (χ1n) is 9.02. The fourth-order valence-electron chi connectivity index (χ4n) is 2.87. The predicted molar refractivity (Wildman–Crippen MR) is 109 cm³/mol. The minimum absolute atomic E-state index is 0.0410. The minimum Gasteiger partial charge on any atom is -0.394 e. The molecule has 1 atom stereocenters. The normalized spacial score (nSPS) is 12.4. The molecule has 0 saturated carbocycles. The third-order valence-electron chi connectivity index (χ3n) is 4.30. The Balaban J connectivity index is 2.14. The van der Waals surface area contributed by atoms with Crippen LogP contribution in [0.3, 0.4) is 0 Å². The number of nitrogens with one attached hydrogen (secondary N) is 2. The number of aromatic nitrogens is 3. The van der Waals surface area contributed by atoms with Gasteiger partial charge in [-0.3, -0.25) is 4.79 Å². The van der Waals surface area contributed by atoms with E-state index in [0.29, 0.717) is 22.8 Å². The second-order valence-corrected chi connectivity index (χ2v) is 7.01. The highest BCUT2D eigenvalue weighted by Gasteiger charge is 2.15. The highest BCUT2D eigenvalue weighted by Crippen LogP contribution is 2.25. The first-order valence-corrected chi connectivity index (χ1v) is 9.02. The molecule has 1 unspecified atom stereocenters. The Hall–Kier alpha value is -2.93. The number of hydrogen-bond acceptors (Lipinski definition) is 6. The molecule has 7 heteroatoms. The number of aliphatic hydroxyl groups excluding tert-OH is 1. The van der Waals surface area contributed by atoms with E-state index in [-0.39, 0.29) is 24.2 Å². The average molecular weight is 367 g/mol. The Morgan fingerprint density at radius 3 is 2.63 bits per heavy atom. The van der Waals surface area contributed by atoms with Gasteiger partial charge in [0, 0.05) is 24.5 Å². The standard InChI is InChI=1S/C20H25N5O2/c1-12(2)25-8-6-15-10-17(23-16-9-13(3)5-7-21-16)24-19(18(15)20(25)27)22-14(4)11-26/h5-10,12,14,26H,11H2,1-4H3,(H2,21,22,23,24). The van der Waals surface area contributed by atoms with Gasteiger partial charge in [-0.05, 0) is 62.9 Å². The van der Waals surface area contributed by atoms with Gasteiger partial charge in [0.15, 0.2) is 0 Å². The Morgan fingerprint density at radius 2 is 1.96 bits per heavy atom. The zero-order valence-electron chi connectivity index (χ0n) is 16.0. The van der Waals surface area contributed by atoms with Crippen molar-refractivity contribution in [3.63, 3.8) is 0 Å². The topological polar surface area (TPSA) is 92.1 Å². The number of nitrogens with zero attached hydrogens (tertiary/aromatic N) is 3. The van der Waals surface area contributed by atoms with Crippen LogP contribution in [0.2, 0.25) is 0 Å². The van der Waals surface area contributed by atoms with Gasteiger partial charge in [-0.1, -0.05) is 0 Å². The number of fused-ring (bicyclic) bond motifs is 1. The van der Waals surface area contributed by atoms with Gasteiger partial charge < -0.3 is 20.3 Å². The van der Waals surface area contributed by atoms with E-state index in [1.165, 1.54) is 0 Å². The van der Waals surface area contributed by atoms with E-state index in [1.54, 1.807) is 17.0 Å². The molecule has 0 aliphatic rings. The number of anilines is 3. The Bertz CT molecular complexity index is 1010. The van der Waals surface area contributed by atoms with Gasteiger partial charge in [-0.25, -0.2) is 9.97 Å². The van der Waals surface area contributed by atoms with Gasteiger partial charge in [-0.15, -0.1) is 0 Å².